The predicted octanol–water partition coefficient (Wildman–Crippen LogP) is 2.85. The van der Waals surface area contributed by atoms with Gasteiger partial charge in [-0.3, -0.25) is 0 Å². The second kappa shape index (κ2) is 4.54. The molecule has 0 spiro atoms. The zero-order chi connectivity index (χ0) is 11.6. The maximum atomic E-state index is 11.9. The van der Waals surface area contributed by atoms with Crippen LogP contribution in [0.3, 0.4) is 0 Å². The molecule has 0 aromatic carbocycles. The van der Waals surface area contributed by atoms with Gasteiger partial charge in [0.25, 0.3) is 0 Å². The maximum Gasteiger partial charge on any atom is 0.573 e. The number of aromatic nitrogens is 1. The van der Waals surface area contributed by atoms with E-state index < -0.39 is 12.1 Å². The molecule has 1 aromatic rings. The van der Waals surface area contributed by atoms with E-state index in [2.05, 4.69) is 25.7 Å². The Balaban J connectivity index is 3.08. The summed E-state index contributed by atoms with van der Waals surface area (Å²) in [6.45, 7) is 0.0268. The van der Waals surface area contributed by atoms with Crippen molar-refractivity contribution >= 4 is 27.5 Å². The molecule has 0 aliphatic heterocycles. The normalized spacial score (nSPS) is 11.6. The molecule has 84 valence electrons. The van der Waals surface area contributed by atoms with E-state index in [9.17, 15) is 13.2 Å². The fourth-order valence-electron chi connectivity index (χ4n) is 0.830. The number of alkyl halides is 3. The van der Waals surface area contributed by atoms with Crippen LogP contribution in [-0.2, 0) is 6.54 Å². The van der Waals surface area contributed by atoms with Crippen molar-refractivity contribution in [1.29, 1.82) is 0 Å². The number of hydrogen-bond acceptors (Lipinski definition) is 3. The van der Waals surface area contributed by atoms with E-state index in [4.69, 9.17) is 17.3 Å². The van der Waals surface area contributed by atoms with Gasteiger partial charge >= 0.3 is 6.36 Å². The van der Waals surface area contributed by atoms with Crippen LogP contribution in [0.4, 0.5) is 13.2 Å². The van der Waals surface area contributed by atoms with Crippen LogP contribution in [-0.4, -0.2) is 11.3 Å². The molecule has 0 saturated heterocycles. The third-order valence-electron chi connectivity index (χ3n) is 1.42. The Labute approximate surface area is 96.5 Å². The molecule has 15 heavy (non-hydrogen) atoms. The molecule has 3 nitrogen and oxygen atoms in total. The molecule has 0 bridgehead atoms. The van der Waals surface area contributed by atoms with Crippen LogP contribution in [0.2, 0.25) is 5.15 Å². The van der Waals surface area contributed by atoms with Gasteiger partial charge in [-0.1, -0.05) is 11.6 Å². The fraction of sp³-hybridized carbons (Fsp3) is 0.286. The van der Waals surface area contributed by atoms with E-state index in [1.165, 1.54) is 0 Å². The molecule has 0 saturated carbocycles. The molecule has 8 heteroatoms. The SMILES string of the molecule is NCc1cc(OC(F)(F)F)c(Cl)nc1Br. The first kappa shape index (κ1) is 12.5. The highest BCUT2D eigenvalue weighted by Crippen LogP contribution is 2.31. The first-order chi connectivity index (χ1) is 6.83. The number of nitrogens with two attached hydrogens (primary N) is 1. The summed E-state index contributed by atoms with van der Waals surface area (Å²) < 4.78 is 39.7. The first-order valence-electron chi connectivity index (χ1n) is 3.64. The lowest BCUT2D eigenvalue weighted by atomic mass is 10.3. The van der Waals surface area contributed by atoms with Crippen molar-refractivity contribution in [3.05, 3.63) is 21.4 Å². The van der Waals surface area contributed by atoms with E-state index in [0.717, 1.165) is 6.07 Å². The van der Waals surface area contributed by atoms with Crippen LogP contribution in [0.25, 0.3) is 0 Å². The molecule has 1 aromatic heterocycles. The molecule has 0 radical (unpaired) electrons. The van der Waals surface area contributed by atoms with E-state index in [-0.39, 0.29) is 11.7 Å². The van der Waals surface area contributed by atoms with Gasteiger partial charge < -0.3 is 10.5 Å². The van der Waals surface area contributed by atoms with Gasteiger partial charge in [0.15, 0.2) is 10.9 Å². The quantitative estimate of drug-likeness (QED) is 0.855. The van der Waals surface area contributed by atoms with Crippen molar-refractivity contribution in [2.75, 3.05) is 0 Å². The summed E-state index contributed by atoms with van der Waals surface area (Å²) in [5, 5.41) is -0.378. The minimum absolute atomic E-state index is 0.0268. The number of rotatable bonds is 2. The smallest absolute Gasteiger partial charge is 0.402 e. The zero-order valence-corrected chi connectivity index (χ0v) is 9.45. The minimum atomic E-state index is -4.80. The highest BCUT2D eigenvalue weighted by Gasteiger charge is 2.32. The van der Waals surface area contributed by atoms with Crippen molar-refractivity contribution in [3.63, 3.8) is 0 Å². The molecule has 1 rings (SSSR count). The van der Waals surface area contributed by atoms with Gasteiger partial charge in [-0.05, 0) is 22.0 Å². The average molecular weight is 305 g/mol. The average Bonchev–Trinajstić information content (AvgIpc) is 2.07. The van der Waals surface area contributed by atoms with Crippen LogP contribution in [0.1, 0.15) is 5.56 Å². The molecule has 0 unspecified atom stereocenters. The molecule has 0 amide bonds. The molecule has 0 aliphatic carbocycles. The topological polar surface area (TPSA) is 48.1 Å². The highest BCUT2D eigenvalue weighted by molar-refractivity contribution is 9.10. The van der Waals surface area contributed by atoms with Gasteiger partial charge in [0.1, 0.15) is 4.60 Å². The second-order valence-electron chi connectivity index (χ2n) is 2.48. The van der Waals surface area contributed by atoms with E-state index in [1.807, 2.05) is 0 Å². The van der Waals surface area contributed by atoms with Gasteiger partial charge in [-0.25, -0.2) is 4.98 Å². The van der Waals surface area contributed by atoms with Crippen molar-refractivity contribution in [3.8, 4) is 5.75 Å². The van der Waals surface area contributed by atoms with E-state index in [1.54, 1.807) is 0 Å². The Hall–Kier alpha value is -0.530. The van der Waals surface area contributed by atoms with E-state index in [0.29, 0.717) is 10.2 Å². The molecular formula is C7H5BrClF3N2O. The summed E-state index contributed by atoms with van der Waals surface area (Å²) in [5.74, 6) is -0.562. The number of hydrogen-bond donors (Lipinski definition) is 1. The van der Waals surface area contributed by atoms with Gasteiger partial charge in [0.2, 0.25) is 0 Å². The van der Waals surface area contributed by atoms with Crippen molar-refractivity contribution < 1.29 is 17.9 Å². The summed E-state index contributed by atoms with van der Waals surface area (Å²) in [5.41, 5.74) is 5.66. The van der Waals surface area contributed by atoms with Crippen molar-refractivity contribution in [2.24, 2.45) is 5.73 Å². The van der Waals surface area contributed by atoms with Crippen LogP contribution in [0, 0.1) is 0 Å². The Morgan fingerprint density at radius 1 is 1.53 bits per heavy atom. The number of nitrogens with zero attached hydrogens (tertiary/aromatic N) is 1. The van der Waals surface area contributed by atoms with Gasteiger partial charge in [-0.2, -0.15) is 0 Å². The Kier molecular flexibility index (Phi) is 3.80. The predicted molar refractivity (Wildman–Crippen MR) is 51.5 cm³/mol. The van der Waals surface area contributed by atoms with Gasteiger partial charge in [-0.15, -0.1) is 13.2 Å². The van der Waals surface area contributed by atoms with Gasteiger partial charge in [0.05, 0.1) is 0 Å². The van der Waals surface area contributed by atoms with Crippen molar-refractivity contribution in [2.45, 2.75) is 12.9 Å². The minimum Gasteiger partial charge on any atom is -0.402 e. The summed E-state index contributed by atoms with van der Waals surface area (Å²) in [6, 6.07) is 1.09. The lowest BCUT2D eigenvalue weighted by Crippen LogP contribution is -2.18. The van der Waals surface area contributed by atoms with Crippen LogP contribution in [0.5, 0.6) is 5.75 Å². The van der Waals surface area contributed by atoms with Crippen LogP contribution < -0.4 is 10.5 Å². The third kappa shape index (κ3) is 3.51. The summed E-state index contributed by atoms with van der Waals surface area (Å²) >= 11 is 8.47. The number of ether oxygens (including phenoxy) is 1. The molecule has 0 atom stereocenters. The van der Waals surface area contributed by atoms with Gasteiger partial charge in [0, 0.05) is 12.1 Å². The van der Waals surface area contributed by atoms with Crippen LogP contribution in [0.15, 0.2) is 10.7 Å². The maximum absolute atomic E-state index is 11.9. The Morgan fingerprint density at radius 2 is 2.13 bits per heavy atom. The largest absolute Gasteiger partial charge is 0.573 e. The number of halogens is 5. The zero-order valence-electron chi connectivity index (χ0n) is 7.11. The molecule has 1 heterocycles. The fourth-order valence-corrected chi connectivity index (χ4v) is 1.56. The monoisotopic (exact) mass is 304 g/mol. The highest BCUT2D eigenvalue weighted by atomic mass is 79.9. The summed E-state index contributed by atoms with van der Waals surface area (Å²) in [7, 11) is 0. The number of pyridine rings is 1. The van der Waals surface area contributed by atoms with Crippen molar-refractivity contribution in [1.82, 2.24) is 4.98 Å². The molecule has 0 fully saturated rings. The van der Waals surface area contributed by atoms with E-state index >= 15 is 0 Å². The summed E-state index contributed by atoms with van der Waals surface area (Å²) in [6.07, 6.45) is -4.80. The molecular weight excluding hydrogens is 300 g/mol. The second-order valence-corrected chi connectivity index (χ2v) is 3.59. The lowest BCUT2D eigenvalue weighted by Gasteiger charge is -2.11. The first-order valence-corrected chi connectivity index (χ1v) is 4.81. The third-order valence-corrected chi connectivity index (χ3v) is 2.37. The molecule has 0 aliphatic rings. The molecule has 2 N–H and O–H groups in total. The Bertz CT molecular complexity index is 372. The summed E-state index contributed by atoms with van der Waals surface area (Å²) in [4.78, 5) is 3.61. The Morgan fingerprint density at radius 3 is 2.60 bits per heavy atom. The van der Waals surface area contributed by atoms with Crippen LogP contribution >= 0.6 is 27.5 Å². The standard InChI is InChI=1S/C7H5BrClF3N2O/c8-5-3(2-13)1-4(6(9)14-5)15-7(10,11)12/h1H,2,13H2. The lowest BCUT2D eigenvalue weighted by molar-refractivity contribution is -0.274.